The van der Waals surface area contributed by atoms with Crippen molar-refractivity contribution in [3.8, 4) is 5.75 Å². The summed E-state index contributed by atoms with van der Waals surface area (Å²) in [7, 11) is 0. The molecular formula is C13H9NO4. The Labute approximate surface area is 103 Å². The van der Waals surface area contributed by atoms with Gasteiger partial charge < -0.3 is 4.74 Å². The summed E-state index contributed by atoms with van der Waals surface area (Å²) in [5, 5.41) is 10.8. The number of nitro benzene ring substituents is 1. The van der Waals surface area contributed by atoms with E-state index in [-0.39, 0.29) is 11.3 Å². The number of nitrogens with zero attached hydrogens (tertiary/aromatic N) is 1. The highest BCUT2D eigenvalue weighted by molar-refractivity contribution is 5.95. The van der Waals surface area contributed by atoms with E-state index in [0.29, 0.717) is 5.75 Å². The van der Waals surface area contributed by atoms with Crippen LogP contribution in [0.25, 0.3) is 0 Å². The molecule has 0 fully saturated rings. The van der Waals surface area contributed by atoms with Crippen LogP contribution in [0, 0.1) is 10.1 Å². The molecule has 0 heterocycles. The van der Waals surface area contributed by atoms with Gasteiger partial charge in [0, 0.05) is 6.07 Å². The summed E-state index contributed by atoms with van der Waals surface area (Å²) in [4.78, 5) is 22.0. The number of carbonyl (C=O) groups excluding carboxylic acids is 1. The molecule has 0 aliphatic carbocycles. The second-order valence-electron chi connectivity index (χ2n) is 3.48. The standard InChI is InChI=1S/C13H9NO4/c15-13(18-10-6-2-1-3-7-10)11-8-4-5-9-12(11)14(16)17/h1-9H. The van der Waals surface area contributed by atoms with Gasteiger partial charge in [-0.15, -0.1) is 0 Å². The fourth-order valence-electron chi connectivity index (χ4n) is 1.46. The van der Waals surface area contributed by atoms with Crippen molar-refractivity contribution in [2.24, 2.45) is 0 Å². The smallest absolute Gasteiger partial charge is 0.350 e. The van der Waals surface area contributed by atoms with E-state index < -0.39 is 10.9 Å². The number of rotatable bonds is 3. The van der Waals surface area contributed by atoms with Crippen LogP contribution in [0.15, 0.2) is 54.6 Å². The van der Waals surface area contributed by atoms with Crippen LogP contribution in [0.2, 0.25) is 0 Å². The Bertz CT molecular complexity index is 581. The van der Waals surface area contributed by atoms with Gasteiger partial charge in [-0.25, -0.2) is 4.79 Å². The first kappa shape index (κ1) is 11.8. The van der Waals surface area contributed by atoms with E-state index in [1.807, 2.05) is 0 Å². The van der Waals surface area contributed by atoms with Crippen molar-refractivity contribution in [2.45, 2.75) is 0 Å². The molecule has 5 nitrogen and oxygen atoms in total. The summed E-state index contributed by atoms with van der Waals surface area (Å²) < 4.78 is 5.05. The van der Waals surface area contributed by atoms with Gasteiger partial charge in [0.1, 0.15) is 11.3 Å². The predicted octanol–water partition coefficient (Wildman–Crippen LogP) is 2.81. The molecule has 0 saturated heterocycles. The molecule has 0 atom stereocenters. The highest BCUT2D eigenvalue weighted by Gasteiger charge is 2.20. The van der Waals surface area contributed by atoms with Gasteiger partial charge in [-0.05, 0) is 18.2 Å². The Kier molecular flexibility index (Phi) is 3.33. The molecule has 0 N–H and O–H groups in total. The highest BCUT2D eigenvalue weighted by atomic mass is 16.6. The van der Waals surface area contributed by atoms with Gasteiger partial charge in [0.05, 0.1) is 4.92 Å². The zero-order chi connectivity index (χ0) is 13.0. The third-order valence-electron chi connectivity index (χ3n) is 2.27. The molecule has 0 unspecified atom stereocenters. The topological polar surface area (TPSA) is 69.4 Å². The molecule has 90 valence electrons. The lowest BCUT2D eigenvalue weighted by Gasteiger charge is -2.04. The Hall–Kier alpha value is -2.69. The molecule has 0 bridgehead atoms. The molecule has 0 aliphatic heterocycles. The van der Waals surface area contributed by atoms with Crippen molar-refractivity contribution in [3.63, 3.8) is 0 Å². The van der Waals surface area contributed by atoms with E-state index in [2.05, 4.69) is 0 Å². The largest absolute Gasteiger partial charge is 0.423 e. The van der Waals surface area contributed by atoms with Crippen LogP contribution in [0.4, 0.5) is 5.69 Å². The Morgan fingerprint density at radius 2 is 1.61 bits per heavy atom. The number of para-hydroxylation sites is 2. The molecule has 0 spiro atoms. The van der Waals surface area contributed by atoms with E-state index in [1.54, 1.807) is 36.4 Å². The van der Waals surface area contributed by atoms with Crippen LogP contribution in [0.1, 0.15) is 10.4 Å². The van der Waals surface area contributed by atoms with Crippen LogP contribution in [0.5, 0.6) is 5.75 Å². The average molecular weight is 243 g/mol. The first-order valence-electron chi connectivity index (χ1n) is 5.19. The third-order valence-corrected chi connectivity index (χ3v) is 2.27. The van der Waals surface area contributed by atoms with Crippen molar-refractivity contribution in [1.82, 2.24) is 0 Å². The highest BCUT2D eigenvalue weighted by Crippen LogP contribution is 2.20. The van der Waals surface area contributed by atoms with Crippen molar-refractivity contribution in [3.05, 3.63) is 70.3 Å². The van der Waals surface area contributed by atoms with Crippen LogP contribution >= 0.6 is 0 Å². The fourth-order valence-corrected chi connectivity index (χ4v) is 1.46. The first-order chi connectivity index (χ1) is 8.68. The van der Waals surface area contributed by atoms with E-state index in [1.165, 1.54) is 18.2 Å². The van der Waals surface area contributed by atoms with Gasteiger partial charge in [-0.3, -0.25) is 10.1 Å². The van der Waals surface area contributed by atoms with Crippen molar-refractivity contribution < 1.29 is 14.5 Å². The van der Waals surface area contributed by atoms with Crippen LogP contribution in [0.3, 0.4) is 0 Å². The molecule has 0 amide bonds. The molecule has 0 radical (unpaired) electrons. The van der Waals surface area contributed by atoms with E-state index in [4.69, 9.17) is 4.74 Å². The number of esters is 1. The molecular weight excluding hydrogens is 234 g/mol. The van der Waals surface area contributed by atoms with Gasteiger partial charge in [0.15, 0.2) is 0 Å². The molecule has 2 rings (SSSR count). The summed E-state index contributed by atoms with van der Waals surface area (Å²) in [6, 6.07) is 14.1. The summed E-state index contributed by atoms with van der Waals surface area (Å²) in [5.41, 5.74) is -0.329. The SMILES string of the molecule is O=C(Oc1ccccc1)c1ccccc1[N+](=O)[O-]. The van der Waals surface area contributed by atoms with Gasteiger partial charge >= 0.3 is 5.97 Å². The second-order valence-corrected chi connectivity index (χ2v) is 3.48. The number of benzene rings is 2. The molecule has 0 aliphatic rings. The molecule has 2 aromatic carbocycles. The lowest BCUT2D eigenvalue weighted by molar-refractivity contribution is -0.385. The maximum Gasteiger partial charge on any atom is 0.350 e. The molecule has 0 saturated carbocycles. The number of nitro groups is 1. The van der Waals surface area contributed by atoms with Crippen LogP contribution in [-0.4, -0.2) is 10.9 Å². The van der Waals surface area contributed by atoms with E-state index in [9.17, 15) is 14.9 Å². The van der Waals surface area contributed by atoms with Gasteiger partial charge in [-0.1, -0.05) is 30.3 Å². The van der Waals surface area contributed by atoms with Gasteiger partial charge in [0.2, 0.25) is 0 Å². The average Bonchev–Trinajstić information content (AvgIpc) is 2.40. The molecule has 2 aromatic rings. The maximum atomic E-state index is 11.8. The Balaban J connectivity index is 2.27. The zero-order valence-electron chi connectivity index (χ0n) is 9.28. The van der Waals surface area contributed by atoms with Crippen molar-refractivity contribution in [2.75, 3.05) is 0 Å². The third kappa shape index (κ3) is 2.52. The van der Waals surface area contributed by atoms with Crippen LogP contribution in [-0.2, 0) is 0 Å². The Morgan fingerprint density at radius 1 is 1.00 bits per heavy atom. The lowest BCUT2D eigenvalue weighted by atomic mass is 10.2. The molecule has 18 heavy (non-hydrogen) atoms. The minimum atomic E-state index is -0.742. The van der Waals surface area contributed by atoms with Gasteiger partial charge in [0.25, 0.3) is 5.69 Å². The monoisotopic (exact) mass is 243 g/mol. The zero-order valence-corrected chi connectivity index (χ0v) is 9.28. The lowest BCUT2D eigenvalue weighted by Crippen LogP contribution is -2.10. The minimum Gasteiger partial charge on any atom is -0.423 e. The minimum absolute atomic E-state index is 0.0636. The second kappa shape index (κ2) is 5.09. The predicted molar refractivity (Wildman–Crippen MR) is 64.5 cm³/mol. The molecule has 5 heteroatoms. The summed E-state index contributed by atoms with van der Waals surface area (Å²) in [6.07, 6.45) is 0. The van der Waals surface area contributed by atoms with Gasteiger partial charge in [-0.2, -0.15) is 0 Å². The first-order valence-corrected chi connectivity index (χ1v) is 5.19. The number of hydrogen-bond acceptors (Lipinski definition) is 4. The van der Waals surface area contributed by atoms with Crippen LogP contribution < -0.4 is 4.74 Å². The quantitative estimate of drug-likeness (QED) is 0.359. The number of ether oxygens (including phenoxy) is 1. The number of hydrogen-bond donors (Lipinski definition) is 0. The summed E-state index contributed by atoms with van der Waals surface area (Å²) in [6.45, 7) is 0. The maximum absolute atomic E-state index is 11.8. The van der Waals surface area contributed by atoms with E-state index >= 15 is 0 Å². The van der Waals surface area contributed by atoms with E-state index in [0.717, 1.165) is 0 Å². The number of carbonyl (C=O) groups is 1. The normalized spacial score (nSPS) is 9.78. The van der Waals surface area contributed by atoms with Crippen molar-refractivity contribution in [1.29, 1.82) is 0 Å². The fraction of sp³-hybridized carbons (Fsp3) is 0. The van der Waals surface area contributed by atoms with Crippen molar-refractivity contribution >= 4 is 11.7 Å². The molecule has 0 aromatic heterocycles. The Morgan fingerprint density at radius 3 is 2.28 bits per heavy atom. The summed E-state index contributed by atoms with van der Waals surface area (Å²) >= 11 is 0. The summed E-state index contributed by atoms with van der Waals surface area (Å²) in [5.74, 6) is -0.394.